The van der Waals surface area contributed by atoms with Crippen molar-refractivity contribution in [3.63, 3.8) is 0 Å². The first kappa shape index (κ1) is 21.9. The van der Waals surface area contributed by atoms with E-state index < -0.39 is 0 Å². The van der Waals surface area contributed by atoms with Crippen LogP contribution in [0.4, 0.5) is 0 Å². The predicted octanol–water partition coefficient (Wildman–Crippen LogP) is 10.4. The molecule has 0 atom stereocenters. The zero-order valence-corrected chi connectivity index (χ0v) is 21.4. The average Bonchev–Trinajstić information content (AvgIpc) is 3.35. The highest BCUT2D eigenvalue weighted by Gasteiger charge is 2.13. The number of para-hydroxylation sites is 2. The molecule has 39 heavy (non-hydrogen) atoms. The standard InChI is InChI=1S/C38H25N/c1-2-13-31-29(10-1)25-36(33-15-4-3-14-32(31)33)27-22-20-26(21-23-27)28-11-9-12-30(24-28)39-37-18-7-5-16-34(37)35-17-6-8-19-38(35)39/h1-25H. The van der Waals surface area contributed by atoms with E-state index in [1.54, 1.807) is 0 Å². The summed E-state index contributed by atoms with van der Waals surface area (Å²) in [6.07, 6.45) is 0. The van der Waals surface area contributed by atoms with Gasteiger partial charge in [-0.15, -0.1) is 0 Å². The van der Waals surface area contributed by atoms with E-state index in [0.29, 0.717) is 0 Å². The molecule has 0 radical (unpaired) electrons. The van der Waals surface area contributed by atoms with Crippen molar-refractivity contribution in [2.24, 2.45) is 0 Å². The van der Waals surface area contributed by atoms with E-state index in [0.717, 1.165) is 0 Å². The largest absolute Gasteiger partial charge is 0.309 e. The van der Waals surface area contributed by atoms with E-state index >= 15 is 0 Å². The quantitative estimate of drug-likeness (QED) is 0.215. The summed E-state index contributed by atoms with van der Waals surface area (Å²) in [7, 11) is 0. The fourth-order valence-corrected chi connectivity index (χ4v) is 6.16. The van der Waals surface area contributed by atoms with Crippen molar-refractivity contribution in [1.82, 2.24) is 4.57 Å². The van der Waals surface area contributed by atoms with Gasteiger partial charge in [-0.2, -0.15) is 0 Å². The Kier molecular flexibility index (Phi) is 4.89. The predicted molar refractivity (Wildman–Crippen MR) is 167 cm³/mol. The number of fused-ring (bicyclic) bond motifs is 6. The number of benzene rings is 7. The van der Waals surface area contributed by atoms with Crippen LogP contribution in [0, 0.1) is 0 Å². The summed E-state index contributed by atoms with van der Waals surface area (Å²) in [5, 5.41) is 7.73. The van der Waals surface area contributed by atoms with E-state index in [-0.39, 0.29) is 0 Å². The van der Waals surface area contributed by atoms with Crippen LogP contribution >= 0.6 is 0 Å². The fourth-order valence-electron chi connectivity index (χ4n) is 6.16. The van der Waals surface area contributed by atoms with Crippen LogP contribution in [0.1, 0.15) is 0 Å². The van der Waals surface area contributed by atoms with Gasteiger partial charge in [0.15, 0.2) is 0 Å². The van der Waals surface area contributed by atoms with E-state index in [4.69, 9.17) is 0 Å². The van der Waals surface area contributed by atoms with Crippen LogP contribution in [0.5, 0.6) is 0 Å². The molecule has 0 saturated carbocycles. The lowest BCUT2D eigenvalue weighted by Crippen LogP contribution is -1.94. The number of aromatic nitrogens is 1. The smallest absolute Gasteiger partial charge is 0.0541 e. The number of hydrogen-bond acceptors (Lipinski definition) is 0. The van der Waals surface area contributed by atoms with Crippen LogP contribution < -0.4 is 0 Å². The molecule has 0 aliphatic carbocycles. The second kappa shape index (κ2) is 8.72. The lowest BCUT2D eigenvalue weighted by atomic mass is 9.92. The molecule has 7 aromatic carbocycles. The third-order valence-corrected chi connectivity index (χ3v) is 7.98. The Morgan fingerprint density at radius 3 is 1.62 bits per heavy atom. The van der Waals surface area contributed by atoms with Gasteiger partial charge in [-0.25, -0.2) is 0 Å². The Labute approximate surface area is 227 Å². The van der Waals surface area contributed by atoms with Gasteiger partial charge < -0.3 is 4.57 Å². The van der Waals surface area contributed by atoms with Crippen LogP contribution in [-0.4, -0.2) is 4.57 Å². The van der Waals surface area contributed by atoms with Crippen molar-refractivity contribution in [2.45, 2.75) is 0 Å². The van der Waals surface area contributed by atoms with Crippen LogP contribution in [0.25, 0.3) is 71.3 Å². The molecule has 8 rings (SSSR count). The molecule has 1 nitrogen and oxygen atoms in total. The van der Waals surface area contributed by atoms with Gasteiger partial charge >= 0.3 is 0 Å². The Morgan fingerprint density at radius 2 is 0.897 bits per heavy atom. The molecule has 0 unspecified atom stereocenters. The minimum absolute atomic E-state index is 1.18. The molecule has 0 aliphatic heterocycles. The van der Waals surface area contributed by atoms with Gasteiger partial charge in [0.1, 0.15) is 0 Å². The highest BCUT2D eigenvalue weighted by Crippen LogP contribution is 2.37. The van der Waals surface area contributed by atoms with Gasteiger partial charge in [-0.1, -0.05) is 121 Å². The van der Waals surface area contributed by atoms with E-state index in [2.05, 4.69) is 156 Å². The molecule has 0 bridgehead atoms. The third kappa shape index (κ3) is 3.48. The number of rotatable bonds is 3. The molecule has 0 spiro atoms. The molecular formula is C38H25N. The van der Waals surface area contributed by atoms with Gasteiger partial charge in [0.2, 0.25) is 0 Å². The van der Waals surface area contributed by atoms with Crippen LogP contribution in [0.2, 0.25) is 0 Å². The Bertz CT molecular complexity index is 2110. The number of nitrogens with zero attached hydrogens (tertiary/aromatic N) is 1. The van der Waals surface area contributed by atoms with Crippen molar-refractivity contribution < 1.29 is 0 Å². The summed E-state index contributed by atoms with van der Waals surface area (Å²) in [5.74, 6) is 0. The summed E-state index contributed by atoms with van der Waals surface area (Å²) in [5.41, 5.74) is 8.57. The molecule has 182 valence electrons. The molecule has 0 fully saturated rings. The SMILES string of the molecule is c1cc(-c2ccc(-c3cc4ccccc4c4ccccc34)cc2)cc(-n2c3ccccc3c3ccccc32)c1. The van der Waals surface area contributed by atoms with Crippen molar-refractivity contribution >= 4 is 43.4 Å². The summed E-state index contributed by atoms with van der Waals surface area (Å²) >= 11 is 0. The molecule has 0 amide bonds. The van der Waals surface area contributed by atoms with Gasteiger partial charge in [0.05, 0.1) is 11.0 Å². The number of hydrogen-bond donors (Lipinski definition) is 0. The highest BCUT2D eigenvalue weighted by molar-refractivity contribution is 6.14. The molecule has 0 saturated heterocycles. The monoisotopic (exact) mass is 495 g/mol. The minimum atomic E-state index is 1.18. The lowest BCUT2D eigenvalue weighted by Gasteiger charge is -2.13. The first-order valence-corrected chi connectivity index (χ1v) is 13.5. The molecular weight excluding hydrogens is 470 g/mol. The average molecular weight is 496 g/mol. The fraction of sp³-hybridized carbons (Fsp3) is 0. The molecule has 1 heteroatoms. The van der Waals surface area contributed by atoms with Gasteiger partial charge in [0, 0.05) is 16.5 Å². The first-order valence-electron chi connectivity index (χ1n) is 13.5. The van der Waals surface area contributed by atoms with E-state index in [1.165, 1.54) is 71.3 Å². The topological polar surface area (TPSA) is 4.93 Å². The van der Waals surface area contributed by atoms with Gasteiger partial charge in [0.25, 0.3) is 0 Å². The van der Waals surface area contributed by atoms with Crippen molar-refractivity contribution in [2.75, 3.05) is 0 Å². The molecule has 1 aromatic heterocycles. The van der Waals surface area contributed by atoms with Crippen LogP contribution in [0.3, 0.4) is 0 Å². The Hall–Kier alpha value is -5.14. The normalized spacial score (nSPS) is 11.6. The zero-order chi connectivity index (χ0) is 25.8. The Balaban J connectivity index is 1.24. The second-order valence-corrected chi connectivity index (χ2v) is 10.2. The van der Waals surface area contributed by atoms with Gasteiger partial charge in [-0.3, -0.25) is 0 Å². The van der Waals surface area contributed by atoms with Crippen molar-refractivity contribution in [3.8, 4) is 27.9 Å². The van der Waals surface area contributed by atoms with Crippen LogP contribution in [0.15, 0.2) is 152 Å². The highest BCUT2D eigenvalue weighted by atomic mass is 15.0. The molecule has 8 aromatic rings. The second-order valence-electron chi connectivity index (χ2n) is 10.2. The first-order chi connectivity index (χ1) is 19.3. The minimum Gasteiger partial charge on any atom is -0.309 e. The summed E-state index contributed by atoms with van der Waals surface area (Å²) in [6, 6.07) is 55.0. The maximum absolute atomic E-state index is 2.38. The maximum Gasteiger partial charge on any atom is 0.0541 e. The molecule has 0 N–H and O–H groups in total. The summed E-state index contributed by atoms with van der Waals surface area (Å²) in [4.78, 5) is 0. The van der Waals surface area contributed by atoms with Gasteiger partial charge in [-0.05, 0) is 74.1 Å². The third-order valence-electron chi connectivity index (χ3n) is 7.98. The molecule has 0 aliphatic rings. The summed E-state index contributed by atoms with van der Waals surface area (Å²) in [6.45, 7) is 0. The lowest BCUT2D eigenvalue weighted by molar-refractivity contribution is 1.18. The zero-order valence-electron chi connectivity index (χ0n) is 21.4. The Morgan fingerprint density at radius 1 is 0.333 bits per heavy atom. The molecule has 1 heterocycles. The van der Waals surface area contributed by atoms with E-state index in [9.17, 15) is 0 Å². The van der Waals surface area contributed by atoms with Crippen LogP contribution in [-0.2, 0) is 0 Å². The summed E-state index contributed by atoms with van der Waals surface area (Å²) < 4.78 is 2.38. The maximum atomic E-state index is 2.38. The van der Waals surface area contributed by atoms with E-state index in [1.807, 2.05) is 0 Å². The van der Waals surface area contributed by atoms with Crippen molar-refractivity contribution in [1.29, 1.82) is 0 Å². The van der Waals surface area contributed by atoms with Crippen molar-refractivity contribution in [3.05, 3.63) is 152 Å².